The van der Waals surface area contributed by atoms with Crippen LogP contribution in [0.3, 0.4) is 0 Å². The molecule has 2 aliphatic rings. The Bertz CT molecular complexity index is 513. The minimum atomic E-state index is -0.244. The first kappa shape index (κ1) is 20.5. The van der Waals surface area contributed by atoms with Gasteiger partial charge in [0.25, 0.3) is 0 Å². The van der Waals surface area contributed by atoms with Gasteiger partial charge in [-0.2, -0.15) is 0 Å². The maximum atomic E-state index is 11.5. The Morgan fingerprint density at radius 1 is 0.654 bits per heavy atom. The molecule has 0 heterocycles. The topological polar surface area (TPSA) is 52.6 Å². The highest BCUT2D eigenvalue weighted by molar-refractivity contribution is 5.66. The van der Waals surface area contributed by atoms with E-state index in [1.54, 1.807) is 0 Å². The summed E-state index contributed by atoms with van der Waals surface area (Å²) in [5, 5.41) is 0. The molecule has 0 aliphatic heterocycles. The van der Waals surface area contributed by atoms with Crippen molar-refractivity contribution in [2.45, 2.75) is 90.3 Å². The van der Waals surface area contributed by atoms with Crippen LogP contribution in [0.25, 0.3) is 0 Å². The fourth-order valence-corrected chi connectivity index (χ4v) is 3.63. The summed E-state index contributed by atoms with van der Waals surface area (Å²) in [7, 11) is 0. The maximum Gasteiger partial charge on any atom is 0.303 e. The fraction of sp³-hybridized carbons (Fsp3) is 0.636. The van der Waals surface area contributed by atoms with Crippen LogP contribution in [0, 0.1) is 0 Å². The minimum absolute atomic E-state index is 0.193. The molecule has 0 unspecified atom stereocenters. The first-order chi connectivity index (χ1) is 12.6. The molecule has 0 saturated heterocycles. The van der Waals surface area contributed by atoms with Gasteiger partial charge in [-0.25, -0.2) is 0 Å². The summed E-state index contributed by atoms with van der Waals surface area (Å²) in [6, 6.07) is 8.02. The average molecular weight is 360 g/mol. The Morgan fingerprint density at radius 2 is 0.962 bits per heavy atom. The second kappa shape index (κ2) is 11.0. The second-order valence-corrected chi connectivity index (χ2v) is 7.27. The summed E-state index contributed by atoms with van der Waals surface area (Å²) >= 11 is 0. The highest BCUT2D eigenvalue weighted by Crippen LogP contribution is 2.29. The lowest BCUT2D eigenvalue weighted by atomic mass is 9.96. The number of carbonyl (C=O) groups is 2. The Morgan fingerprint density at radius 3 is 1.27 bits per heavy atom. The molecule has 0 spiro atoms. The van der Waals surface area contributed by atoms with Gasteiger partial charge in [0.05, 0.1) is 0 Å². The molecule has 2 aliphatic carbocycles. The van der Waals surface area contributed by atoms with Crippen LogP contribution < -0.4 is 0 Å². The number of ether oxygens (including phenoxy) is 2. The van der Waals surface area contributed by atoms with E-state index in [4.69, 9.17) is 9.47 Å². The van der Waals surface area contributed by atoms with Crippen LogP contribution in [-0.4, -0.2) is 11.9 Å². The summed E-state index contributed by atoms with van der Waals surface area (Å²) in [6.07, 6.45) is 10.8. The van der Waals surface area contributed by atoms with Crippen LogP contribution in [-0.2, 0) is 19.1 Å². The van der Waals surface area contributed by atoms with Crippen LogP contribution in [0.1, 0.15) is 101 Å². The molecular weight excluding hydrogens is 328 g/mol. The minimum Gasteiger partial charge on any atom is -0.458 e. The van der Waals surface area contributed by atoms with E-state index < -0.39 is 0 Å². The molecule has 26 heavy (non-hydrogen) atoms. The normalized spacial score (nSPS) is 22.5. The monoisotopic (exact) mass is 360 g/mol. The van der Waals surface area contributed by atoms with E-state index in [0.717, 1.165) is 36.8 Å². The third-order valence-electron chi connectivity index (χ3n) is 4.98. The molecular formula is C22H32O4. The molecule has 0 aromatic heterocycles. The van der Waals surface area contributed by atoms with Gasteiger partial charge in [0.1, 0.15) is 12.2 Å². The van der Waals surface area contributed by atoms with Crippen molar-refractivity contribution in [3.8, 4) is 0 Å². The Hall–Kier alpha value is -1.84. The Labute approximate surface area is 157 Å². The number of fused-ring (bicyclic) bond motifs is 13. The molecule has 3 rings (SSSR count). The average Bonchev–Trinajstić information content (AvgIpc) is 2.60. The predicted molar refractivity (Wildman–Crippen MR) is 102 cm³/mol. The zero-order valence-corrected chi connectivity index (χ0v) is 16.2. The third kappa shape index (κ3) is 7.19. The van der Waals surface area contributed by atoms with Crippen molar-refractivity contribution in [2.75, 3.05) is 0 Å². The molecule has 1 aromatic rings. The molecule has 2 bridgehead atoms. The number of rotatable bonds is 2. The van der Waals surface area contributed by atoms with Crippen LogP contribution in [0.5, 0.6) is 0 Å². The molecule has 1 aromatic carbocycles. The molecule has 0 saturated carbocycles. The van der Waals surface area contributed by atoms with Crippen molar-refractivity contribution in [3.05, 3.63) is 35.4 Å². The van der Waals surface area contributed by atoms with E-state index in [1.165, 1.54) is 52.4 Å². The number of hydrogen-bond donors (Lipinski definition) is 0. The lowest BCUT2D eigenvalue weighted by Crippen LogP contribution is -2.11. The van der Waals surface area contributed by atoms with Gasteiger partial charge in [0.15, 0.2) is 0 Å². The Kier molecular flexibility index (Phi) is 8.66. The van der Waals surface area contributed by atoms with E-state index in [2.05, 4.69) is 0 Å². The van der Waals surface area contributed by atoms with Gasteiger partial charge in [-0.1, -0.05) is 62.8 Å². The van der Waals surface area contributed by atoms with Crippen LogP contribution in [0.4, 0.5) is 0 Å². The quantitative estimate of drug-likeness (QED) is 0.625. The lowest BCUT2D eigenvalue weighted by molar-refractivity contribution is -0.148. The van der Waals surface area contributed by atoms with Gasteiger partial charge in [-0.05, 0) is 36.8 Å². The standard InChI is InChI=1S/C22H32O4/c1-17(23)25-21-11-9-7-5-3-4-6-8-10-12-22(26-18(2)24)20-15-13-19(21)14-16-20/h13-16,21-22H,3-12H2,1-2H3/t21-,22+. The summed E-state index contributed by atoms with van der Waals surface area (Å²) in [5.74, 6) is -0.488. The largest absolute Gasteiger partial charge is 0.458 e. The molecule has 4 nitrogen and oxygen atoms in total. The van der Waals surface area contributed by atoms with Gasteiger partial charge in [0.2, 0.25) is 0 Å². The lowest BCUT2D eigenvalue weighted by Gasteiger charge is -2.21. The summed E-state index contributed by atoms with van der Waals surface area (Å²) in [4.78, 5) is 22.9. The van der Waals surface area contributed by atoms with Gasteiger partial charge in [0, 0.05) is 13.8 Å². The van der Waals surface area contributed by atoms with Gasteiger partial charge >= 0.3 is 11.9 Å². The van der Waals surface area contributed by atoms with Crippen LogP contribution in [0.2, 0.25) is 0 Å². The summed E-state index contributed by atoms with van der Waals surface area (Å²) in [5.41, 5.74) is 2.02. The zero-order chi connectivity index (χ0) is 18.8. The Balaban J connectivity index is 2.17. The molecule has 144 valence electrons. The van der Waals surface area contributed by atoms with Gasteiger partial charge < -0.3 is 9.47 Å². The molecule has 0 amide bonds. The van der Waals surface area contributed by atoms with Crippen LogP contribution in [0.15, 0.2) is 24.3 Å². The van der Waals surface area contributed by atoms with Gasteiger partial charge in [-0.3, -0.25) is 9.59 Å². The van der Waals surface area contributed by atoms with Crippen molar-refractivity contribution in [3.63, 3.8) is 0 Å². The first-order valence-corrected chi connectivity index (χ1v) is 10.0. The third-order valence-corrected chi connectivity index (χ3v) is 4.98. The molecule has 4 heteroatoms. The molecule has 0 N–H and O–H groups in total. The van der Waals surface area contributed by atoms with Crippen molar-refractivity contribution < 1.29 is 19.1 Å². The molecule has 0 fully saturated rings. The van der Waals surface area contributed by atoms with E-state index in [0.29, 0.717) is 0 Å². The fourth-order valence-electron chi connectivity index (χ4n) is 3.63. The highest BCUT2D eigenvalue weighted by Gasteiger charge is 2.18. The van der Waals surface area contributed by atoms with Crippen LogP contribution >= 0.6 is 0 Å². The van der Waals surface area contributed by atoms with Crippen molar-refractivity contribution in [1.29, 1.82) is 0 Å². The maximum absolute atomic E-state index is 11.5. The summed E-state index contributed by atoms with van der Waals surface area (Å²) in [6.45, 7) is 2.92. The van der Waals surface area contributed by atoms with Crippen molar-refractivity contribution in [2.24, 2.45) is 0 Å². The van der Waals surface area contributed by atoms with Crippen molar-refractivity contribution in [1.82, 2.24) is 0 Å². The smallest absolute Gasteiger partial charge is 0.303 e. The number of benzene rings is 1. The number of esters is 2. The summed E-state index contributed by atoms with van der Waals surface area (Å²) < 4.78 is 11.1. The van der Waals surface area contributed by atoms with E-state index in [1.807, 2.05) is 24.3 Å². The number of hydrogen-bond acceptors (Lipinski definition) is 4. The first-order valence-electron chi connectivity index (χ1n) is 10.0. The number of carbonyl (C=O) groups excluding carboxylic acids is 2. The van der Waals surface area contributed by atoms with Crippen molar-refractivity contribution >= 4 is 11.9 Å². The van der Waals surface area contributed by atoms with E-state index >= 15 is 0 Å². The van der Waals surface area contributed by atoms with E-state index in [9.17, 15) is 9.59 Å². The SMILES string of the molecule is CC(=O)O[C@H]1CCCCCCCCCC[C@@H](OC(C)=O)c2ccc1cc2. The molecule has 0 radical (unpaired) electrons. The van der Waals surface area contributed by atoms with E-state index in [-0.39, 0.29) is 24.1 Å². The highest BCUT2D eigenvalue weighted by atomic mass is 16.5. The predicted octanol–water partition coefficient (Wildman–Crippen LogP) is 5.81. The zero-order valence-electron chi connectivity index (χ0n) is 16.2. The second-order valence-electron chi connectivity index (χ2n) is 7.27. The molecule has 2 atom stereocenters. The van der Waals surface area contributed by atoms with Gasteiger partial charge in [-0.15, -0.1) is 0 Å².